The van der Waals surface area contributed by atoms with Crippen LogP contribution in [0.25, 0.3) is 44.8 Å². The van der Waals surface area contributed by atoms with E-state index in [9.17, 15) is 0 Å². The van der Waals surface area contributed by atoms with Gasteiger partial charge in [0.25, 0.3) is 0 Å². The van der Waals surface area contributed by atoms with Gasteiger partial charge < -0.3 is 9.13 Å². The molecule has 4 heterocycles. The smallest absolute Gasteiger partial charge is 0.144 e. The van der Waals surface area contributed by atoms with Crippen LogP contribution in [0.1, 0.15) is 26.7 Å². The van der Waals surface area contributed by atoms with E-state index in [0.29, 0.717) is 0 Å². The fraction of sp³-hybridized carbons (Fsp3) is 0.273. The third-order valence-corrected chi connectivity index (χ3v) is 5.15. The maximum absolute atomic E-state index is 4.92. The molecule has 0 spiro atoms. The first kappa shape index (κ1) is 18.4. The summed E-state index contributed by atoms with van der Waals surface area (Å²) >= 11 is 0. The van der Waals surface area contributed by atoms with Crippen molar-refractivity contribution in [3.63, 3.8) is 0 Å². The third kappa shape index (κ3) is 3.01. The molecule has 5 aromatic rings. The lowest BCUT2D eigenvalue weighted by Crippen LogP contribution is -2.02. The van der Waals surface area contributed by atoms with E-state index >= 15 is 0 Å². The van der Waals surface area contributed by atoms with Crippen LogP contribution in [-0.2, 0) is 13.1 Å². The van der Waals surface area contributed by atoms with Crippen molar-refractivity contribution >= 4 is 22.1 Å². The molecule has 0 aliphatic rings. The van der Waals surface area contributed by atoms with Crippen molar-refractivity contribution < 1.29 is 0 Å². The monoisotopic (exact) mass is 398 g/mol. The molecule has 8 heteroatoms. The van der Waals surface area contributed by atoms with Gasteiger partial charge in [-0.1, -0.05) is 13.8 Å². The van der Waals surface area contributed by atoms with E-state index in [2.05, 4.69) is 55.1 Å². The summed E-state index contributed by atoms with van der Waals surface area (Å²) in [5.41, 5.74) is 5.86. The van der Waals surface area contributed by atoms with Gasteiger partial charge in [-0.2, -0.15) is 0 Å². The molecule has 0 N–H and O–H groups in total. The highest BCUT2D eigenvalue weighted by molar-refractivity contribution is 5.95. The third-order valence-electron chi connectivity index (χ3n) is 5.15. The lowest BCUT2D eigenvalue weighted by Gasteiger charge is -2.09. The van der Waals surface area contributed by atoms with Gasteiger partial charge in [0, 0.05) is 37.9 Å². The minimum absolute atomic E-state index is 0.869. The Bertz CT molecular complexity index is 1210. The Morgan fingerprint density at radius 2 is 1.07 bits per heavy atom. The highest BCUT2D eigenvalue weighted by Gasteiger charge is 2.18. The van der Waals surface area contributed by atoms with Gasteiger partial charge in [0.15, 0.2) is 0 Å². The molecule has 0 aliphatic heterocycles. The summed E-state index contributed by atoms with van der Waals surface area (Å²) in [6.07, 6.45) is 12.3. The zero-order valence-electron chi connectivity index (χ0n) is 17.0. The first-order valence-electron chi connectivity index (χ1n) is 10.2. The predicted octanol–water partition coefficient (Wildman–Crippen LogP) is 4.12. The van der Waals surface area contributed by atoms with Crippen LogP contribution in [0.4, 0.5) is 0 Å². The van der Waals surface area contributed by atoms with Gasteiger partial charge in [0.1, 0.15) is 24.3 Å². The van der Waals surface area contributed by atoms with Crippen LogP contribution in [0.3, 0.4) is 0 Å². The number of fused-ring (bicyclic) bond motifs is 2. The predicted molar refractivity (Wildman–Crippen MR) is 116 cm³/mol. The van der Waals surface area contributed by atoms with E-state index in [1.807, 2.05) is 24.8 Å². The molecule has 1 aromatic carbocycles. The zero-order valence-corrected chi connectivity index (χ0v) is 17.0. The zero-order chi connectivity index (χ0) is 20.5. The number of imidazole rings is 2. The molecule has 30 heavy (non-hydrogen) atoms. The molecule has 0 bridgehead atoms. The minimum atomic E-state index is 0.869. The van der Waals surface area contributed by atoms with Crippen molar-refractivity contribution in [1.29, 1.82) is 0 Å². The van der Waals surface area contributed by atoms with Crippen LogP contribution in [0.5, 0.6) is 0 Å². The summed E-state index contributed by atoms with van der Waals surface area (Å²) in [5.74, 6) is 1.78. The lowest BCUT2D eigenvalue weighted by atomic mass is 10.2. The van der Waals surface area contributed by atoms with Gasteiger partial charge in [-0.3, -0.25) is 0 Å². The van der Waals surface area contributed by atoms with E-state index in [1.165, 1.54) is 12.7 Å². The Hall–Kier alpha value is -3.68. The highest BCUT2D eigenvalue weighted by Crippen LogP contribution is 2.31. The van der Waals surface area contributed by atoms with Crippen LogP contribution in [-0.4, -0.2) is 39.0 Å². The molecule has 5 rings (SSSR count). The molecule has 0 radical (unpaired) electrons. The molecule has 4 aromatic heterocycles. The lowest BCUT2D eigenvalue weighted by molar-refractivity contribution is 0.699. The van der Waals surface area contributed by atoms with Gasteiger partial charge in [0.05, 0.1) is 33.2 Å². The van der Waals surface area contributed by atoms with E-state index in [-0.39, 0.29) is 0 Å². The Labute approximate surface area is 173 Å². The minimum Gasteiger partial charge on any atom is -0.324 e. The van der Waals surface area contributed by atoms with Gasteiger partial charge in [0.2, 0.25) is 0 Å². The van der Waals surface area contributed by atoms with Gasteiger partial charge in [-0.25, -0.2) is 29.9 Å². The molecule has 0 unspecified atom stereocenters. The average molecular weight is 398 g/mol. The average Bonchev–Trinajstić information content (AvgIpc) is 3.32. The van der Waals surface area contributed by atoms with E-state index in [1.54, 1.807) is 0 Å². The SMILES string of the molecule is CCCn1c(-c2cncnc2)nc2cc3nc(-c4cncnc4)n(CCC)c3cc21. The van der Waals surface area contributed by atoms with Crippen molar-refractivity contribution in [3.05, 3.63) is 49.6 Å². The molecule has 0 saturated heterocycles. The molecule has 150 valence electrons. The number of rotatable bonds is 6. The molecular formula is C22H22N8. The maximum Gasteiger partial charge on any atom is 0.144 e. The Kier molecular flexibility index (Phi) is 4.66. The number of aryl methyl sites for hydroxylation is 2. The van der Waals surface area contributed by atoms with Crippen molar-refractivity contribution in [2.24, 2.45) is 0 Å². The van der Waals surface area contributed by atoms with Crippen LogP contribution < -0.4 is 0 Å². The molecule has 0 amide bonds. The van der Waals surface area contributed by atoms with Gasteiger partial charge >= 0.3 is 0 Å². The highest BCUT2D eigenvalue weighted by atomic mass is 15.1. The standard InChI is InChI=1S/C22H22N8/c1-3-5-29-19-8-20-18(7-17(19)27-21(29)15-9-23-13-24-10-15)28-22(30(20)6-4-2)16-11-25-14-26-12-16/h7-14H,3-6H2,1-2H3. The number of benzene rings is 1. The van der Waals surface area contributed by atoms with Crippen molar-refractivity contribution in [2.75, 3.05) is 0 Å². The second kappa shape index (κ2) is 7.62. The van der Waals surface area contributed by atoms with E-state index in [4.69, 9.17) is 9.97 Å². The van der Waals surface area contributed by atoms with E-state index < -0.39 is 0 Å². The number of aromatic nitrogens is 8. The fourth-order valence-corrected chi connectivity index (χ4v) is 3.91. The number of hydrogen-bond acceptors (Lipinski definition) is 6. The quantitative estimate of drug-likeness (QED) is 0.428. The first-order valence-corrected chi connectivity index (χ1v) is 10.2. The first-order chi connectivity index (χ1) is 14.8. The second-order valence-electron chi connectivity index (χ2n) is 7.26. The summed E-state index contributed by atoms with van der Waals surface area (Å²) in [6.45, 7) is 6.08. The summed E-state index contributed by atoms with van der Waals surface area (Å²) in [6, 6.07) is 4.28. The number of hydrogen-bond donors (Lipinski definition) is 0. The second-order valence-corrected chi connectivity index (χ2v) is 7.26. The molecular weight excluding hydrogens is 376 g/mol. The van der Waals surface area contributed by atoms with Crippen LogP contribution in [0.2, 0.25) is 0 Å². The maximum atomic E-state index is 4.92. The molecule has 0 fully saturated rings. The topological polar surface area (TPSA) is 87.2 Å². The summed E-state index contributed by atoms with van der Waals surface area (Å²) < 4.78 is 4.50. The van der Waals surface area contributed by atoms with E-state index in [0.717, 1.165) is 70.8 Å². The largest absolute Gasteiger partial charge is 0.324 e. The van der Waals surface area contributed by atoms with Crippen molar-refractivity contribution in [2.45, 2.75) is 39.8 Å². The van der Waals surface area contributed by atoms with Gasteiger partial charge in [-0.05, 0) is 25.0 Å². The molecule has 0 atom stereocenters. The van der Waals surface area contributed by atoms with Crippen LogP contribution in [0.15, 0.2) is 49.6 Å². The normalized spacial score (nSPS) is 11.5. The van der Waals surface area contributed by atoms with Crippen molar-refractivity contribution in [3.8, 4) is 22.8 Å². The molecule has 0 aliphatic carbocycles. The summed E-state index contributed by atoms with van der Waals surface area (Å²) in [7, 11) is 0. The summed E-state index contributed by atoms with van der Waals surface area (Å²) in [4.78, 5) is 26.5. The fourth-order valence-electron chi connectivity index (χ4n) is 3.91. The van der Waals surface area contributed by atoms with Crippen LogP contribution in [0, 0.1) is 0 Å². The van der Waals surface area contributed by atoms with Crippen molar-refractivity contribution in [1.82, 2.24) is 39.0 Å². The Morgan fingerprint density at radius 1 is 0.633 bits per heavy atom. The Balaban J connectivity index is 1.77. The van der Waals surface area contributed by atoms with Gasteiger partial charge in [-0.15, -0.1) is 0 Å². The number of nitrogens with zero attached hydrogens (tertiary/aromatic N) is 8. The molecule has 8 nitrogen and oxygen atoms in total. The summed E-state index contributed by atoms with van der Waals surface area (Å²) in [5, 5.41) is 0. The van der Waals surface area contributed by atoms with Crippen LogP contribution >= 0.6 is 0 Å². The Morgan fingerprint density at radius 3 is 1.47 bits per heavy atom. The molecule has 0 saturated carbocycles.